The maximum Gasteiger partial charge on any atom is 0.205 e. The highest BCUT2D eigenvalue weighted by atomic mass is 28.4. The van der Waals surface area contributed by atoms with Crippen molar-refractivity contribution in [2.45, 2.75) is 76.1 Å². The Kier molecular flexibility index (Phi) is 4.17. The summed E-state index contributed by atoms with van der Waals surface area (Å²) in [5.41, 5.74) is 0.555. The predicted molar refractivity (Wildman–Crippen MR) is 81.3 cm³/mol. The molecule has 0 saturated heterocycles. The van der Waals surface area contributed by atoms with E-state index >= 15 is 0 Å². The van der Waals surface area contributed by atoms with Gasteiger partial charge in [0, 0.05) is 11.6 Å². The SMILES string of the molecule is CC(C)(C)[Si](C)(OC1CCCCC1)C1C=CC=C1. The largest absolute Gasteiger partial charge is 0.413 e. The highest BCUT2D eigenvalue weighted by molar-refractivity contribution is 6.77. The Morgan fingerprint density at radius 3 is 2.06 bits per heavy atom. The van der Waals surface area contributed by atoms with Crippen molar-refractivity contribution in [1.82, 2.24) is 0 Å². The molecule has 1 unspecified atom stereocenters. The van der Waals surface area contributed by atoms with E-state index in [1.54, 1.807) is 0 Å². The van der Waals surface area contributed by atoms with Gasteiger partial charge in [0.2, 0.25) is 8.32 Å². The molecule has 2 heteroatoms. The van der Waals surface area contributed by atoms with E-state index in [-0.39, 0.29) is 5.04 Å². The van der Waals surface area contributed by atoms with Crippen LogP contribution in [0.1, 0.15) is 52.9 Å². The molecule has 0 heterocycles. The average Bonchev–Trinajstić information content (AvgIpc) is 2.82. The maximum atomic E-state index is 6.76. The first-order chi connectivity index (χ1) is 8.43. The molecule has 0 aromatic heterocycles. The summed E-state index contributed by atoms with van der Waals surface area (Å²) < 4.78 is 6.76. The van der Waals surface area contributed by atoms with E-state index < -0.39 is 8.32 Å². The summed E-state index contributed by atoms with van der Waals surface area (Å²) in [6.07, 6.45) is 16.3. The Hall–Kier alpha value is -0.343. The van der Waals surface area contributed by atoms with Crippen LogP contribution in [0.5, 0.6) is 0 Å². The van der Waals surface area contributed by atoms with Crippen LogP contribution in [0.3, 0.4) is 0 Å². The summed E-state index contributed by atoms with van der Waals surface area (Å²) in [5.74, 6) is 0. The van der Waals surface area contributed by atoms with Crippen molar-refractivity contribution in [2.75, 3.05) is 0 Å². The van der Waals surface area contributed by atoms with Crippen LogP contribution >= 0.6 is 0 Å². The van der Waals surface area contributed by atoms with Gasteiger partial charge in [-0.1, -0.05) is 64.3 Å². The molecule has 18 heavy (non-hydrogen) atoms. The Labute approximate surface area is 113 Å². The molecular weight excluding hydrogens is 236 g/mol. The lowest BCUT2D eigenvalue weighted by Crippen LogP contribution is -2.50. The van der Waals surface area contributed by atoms with Crippen LogP contribution in [0, 0.1) is 0 Å². The Morgan fingerprint density at radius 1 is 1.00 bits per heavy atom. The standard InChI is InChI=1S/C16H28OSi/c1-16(2,3)18(4,15-12-8-9-13-15)17-14-10-6-5-7-11-14/h8-9,12-15H,5-7,10-11H2,1-4H3. The molecule has 0 radical (unpaired) electrons. The summed E-state index contributed by atoms with van der Waals surface area (Å²) in [5, 5.41) is 0.286. The molecule has 102 valence electrons. The lowest BCUT2D eigenvalue weighted by molar-refractivity contribution is 0.134. The second-order valence-electron chi connectivity index (χ2n) is 7.03. The van der Waals surface area contributed by atoms with Crippen LogP contribution in [-0.2, 0) is 4.43 Å². The fraction of sp³-hybridized carbons (Fsp3) is 0.750. The van der Waals surface area contributed by atoms with Gasteiger partial charge in [-0.3, -0.25) is 0 Å². The zero-order valence-corrected chi connectivity index (χ0v) is 13.4. The van der Waals surface area contributed by atoms with Gasteiger partial charge in [-0.05, 0) is 24.4 Å². The Morgan fingerprint density at radius 2 is 1.56 bits per heavy atom. The normalized spacial score (nSPS) is 25.6. The van der Waals surface area contributed by atoms with Gasteiger partial charge in [0.05, 0.1) is 0 Å². The molecule has 1 atom stereocenters. The molecule has 0 amide bonds. The molecule has 0 bridgehead atoms. The Balaban J connectivity index is 2.14. The summed E-state index contributed by atoms with van der Waals surface area (Å²) >= 11 is 0. The van der Waals surface area contributed by atoms with Gasteiger partial charge in [0.1, 0.15) is 0 Å². The minimum Gasteiger partial charge on any atom is -0.413 e. The van der Waals surface area contributed by atoms with Crippen molar-refractivity contribution in [1.29, 1.82) is 0 Å². The van der Waals surface area contributed by atoms with E-state index in [1.807, 2.05) is 0 Å². The third kappa shape index (κ3) is 2.80. The molecule has 1 fully saturated rings. The van der Waals surface area contributed by atoms with Gasteiger partial charge in [0.15, 0.2) is 0 Å². The smallest absolute Gasteiger partial charge is 0.205 e. The Bertz CT molecular complexity index is 321. The fourth-order valence-electron chi connectivity index (χ4n) is 3.08. The molecule has 0 aromatic rings. The molecule has 0 aliphatic heterocycles. The van der Waals surface area contributed by atoms with Crippen LogP contribution in [0.2, 0.25) is 17.1 Å². The van der Waals surface area contributed by atoms with Crippen molar-refractivity contribution in [2.24, 2.45) is 0 Å². The lowest BCUT2D eigenvalue weighted by Gasteiger charge is -2.45. The van der Waals surface area contributed by atoms with Crippen molar-refractivity contribution in [3.8, 4) is 0 Å². The van der Waals surface area contributed by atoms with E-state index in [0.717, 1.165) is 0 Å². The van der Waals surface area contributed by atoms with Gasteiger partial charge in [0.25, 0.3) is 0 Å². The van der Waals surface area contributed by atoms with E-state index in [0.29, 0.717) is 11.6 Å². The van der Waals surface area contributed by atoms with Gasteiger partial charge < -0.3 is 4.43 Å². The molecular formula is C16H28OSi. The average molecular weight is 264 g/mol. The molecule has 2 aliphatic carbocycles. The first kappa shape index (κ1) is 14.1. The summed E-state index contributed by atoms with van der Waals surface area (Å²) in [6.45, 7) is 9.53. The zero-order valence-electron chi connectivity index (χ0n) is 12.4. The van der Waals surface area contributed by atoms with Crippen LogP contribution in [0.4, 0.5) is 0 Å². The predicted octanol–water partition coefficient (Wildman–Crippen LogP) is 5.21. The quantitative estimate of drug-likeness (QED) is 0.636. The third-order valence-corrected chi connectivity index (χ3v) is 10.3. The fourth-order valence-corrected chi connectivity index (χ4v) is 6.48. The number of hydrogen-bond acceptors (Lipinski definition) is 1. The molecule has 0 N–H and O–H groups in total. The highest BCUT2D eigenvalue weighted by Gasteiger charge is 2.48. The number of hydrogen-bond donors (Lipinski definition) is 0. The van der Waals surface area contributed by atoms with Gasteiger partial charge >= 0.3 is 0 Å². The molecule has 2 aliphatic rings. The van der Waals surface area contributed by atoms with Crippen molar-refractivity contribution < 1.29 is 4.43 Å². The minimum absolute atomic E-state index is 0.286. The van der Waals surface area contributed by atoms with Crippen molar-refractivity contribution in [3.05, 3.63) is 24.3 Å². The van der Waals surface area contributed by atoms with Crippen molar-refractivity contribution >= 4 is 8.32 Å². The van der Waals surface area contributed by atoms with Crippen LogP contribution in [0.15, 0.2) is 24.3 Å². The monoisotopic (exact) mass is 264 g/mol. The van der Waals surface area contributed by atoms with Gasteiger partial charge in [-0.2, -0.15) is 0 Å². The maximum absolute atomic E-state index is 6.76. The lowest BCUT2D eigenvalue weighted by atomic mass is 9.98. The number of allylic oxidation sites excluding steroid dienone is 4. The highest BCUT2D eigenvalue weighted by Crippen LogP contribution is 2.48. The van der Waals surface area contributed by atoms with Crippen LogP contribution in [-0.4, -0.2) is 14.4 Å². The van der Waals surface area contributed by atoms with E-state index in [2.05, 4.69) is 51.6 Å². The van der Waals surface area contributed by atoms with Crippen LogP contribution < -0.4 is 0 Å². The zero-order chi connectivity index (χ0) is 13.2. The molecule has 1 saturated carbocycles. The summed E-state index contributed by atoms with van der Waals surface area (Å²) in [6, 6.07) is 0. The second-order valence-corrected chi connectivity index (χ2v) is 11.6. The summed E-state index contributed by atoms with van der Waals surface area (Å²) in [7, 11) is -1.78. The summed E-state index contributed by atoms with van der Waals surface area (Å²) in [4.78, 5) is 0. The van der Waals surface area contributed by atoms with Gasteiger partial charge in [-0.25, -0.2) is 0 Å². The van der Waals surface area contributed by atoms with E-state index in [1.165, 1.54) is 32.1 Å². The van der Waals surface area contributed by atoms with Crippen LogP contribution in [0.25, 0.3) is 0 Å². The third-order valence-electron chi connectivity index (χ3n) is 4.84. The molecule has 2 rings (SSSR count). The molecule has 1 nitrogen and oxygen atoms in total. The minimum atomic E-state index is -1.78. The number of rotatable bonds is 3. The van der Waals surface area contributed by atoms with E-state index in [4.69, 9.17) is 4.43 Å². The second kappa shape index (κ2) is 5.34. The molecule has 0 aromatic carbocycles. The van der Waals surface area contributed by atoms with E-state index in [9.17, 15) is 0 Å². The molecule has 0 spiro atoms. The first-order valence-corrected chi connectivity index (χ1v) is 9.95. The van der Waals surface area contributed by atoms with Crippen molar-refractivity contribution in [3.63, 3.8) is 0 Å². The van der Waals surface area contributed by atoms with Gasteiger partial charge in [-0.15, -0.1) is 0 Å². The topological polar surface area (TPSA) is 9.23 Å². The first-order valence-electron chi connectivity index (χ1n) is 7.46.